The quantitative estimate of drug-likeness (QED) is 0.792. The van der Waals surface area contributed by atoms with Crippen LogP contribution < -0.4 is 0 Å². The Hall–Kier alpha value is -1.06. The van der Waals surface area contributed by atoms with Crippen LogP contribution in [0.15, 0.2) is 24.3 Å². The number of esters is 1. The van der Waals surface area contributed by atoms with Crippen LogP contribution in [-0.4, -0.2) is 31.1 Å². The fourth-order valence-corrected chi connectivity index (χ4v) is 2.74. The van der Waals surface area contributed by atoms with E-state index in [2.05, 4.69) is 4.90 Å². The van der Waals surface area contributed by atoms with Gasteiger partial charge in [-0.3, -0.25) is 9.69 Å². The van der Waals surface area contributed by atoms with E-state index < -0.39 is 0 Å². The second kappa shape index (κ2) is 6.92. The third kappa shape index (κ3) is 3.95. The summed E-state index contributed by atoms with van der Waals surface area (Å²) in [6.45, 7) is 2.09. The van der Waals surface area contributed by atoms with E-state index in [-0.39, 0.29) is 12.0 Å². The number of likely N-dealkylation sites (tertiary alicyclic amines) is 1. The number of rotatable bonds is 4. The Balaban J connectivity index is 2.17. The lowest BCUT2D eigenvalue weighted by molar-refractivity contribution is -0.142. The summed E-state index contributed by atoms with van der Waals surface area (Å²) in [7, 11) is 1.44. The first-order chi connectivity index (χ1) is 9.20. The van der Waals surface area contributed by atoms with Crippen LogP contribution in [0.4, 0.5) is 0 Å². The molecule has 1 heterocycles. The van der Waals surface area contributed by atoms with Gasteiger partial charge in [0.1, 0.15) is 0 Å². The zero-order valence-corrected chi connectivity index (χ0v) is 12.0. The number of piperidine rings is 1. The number of carbonyl (C=O) groups is 1. The molecular weight excluding hydrogens is 262 g/mol. The van der Waals surface area contributed by atoms with E-state index in [1.807, 2.05) is 24.3 Å². The van der Waals surface area contributed by atoms with E-state index in [1.165, 1.54) is 26.4 Å². The SMILES string of the molecule is COC(=O)CC(c1ccc(Cl)cc1)N1CCCCC1. The molecule has 4 heteroatoms. The Morgan fingerprint density at radius 3 is 2.47 bits per heavy atom. The van der Waals surface area contributed by atoms with Crippen molar-refractivity contribution in [3.05, 3.63) is 34.9 Å². The molecule has 1 fully saturated rings. The van der Waals surface area contributed by atoms with Gasteiger partial charge in [0.05, 0.1) is 13.5 Å². The van der Waals surface area contributed by atoms with Crippen molar-refractivity contribution in [3.8, 4) is 0 Å². The fraction of sp³-hybridized carbons (Fsp3) is 0.533. The summed E-state index contributed by atoms with van der Waals surface area (Å²) in [5.41, 5.74) is 1.14. The molecule has 0 amide bonds. The number of nitrogens with zero attached hydrogens (tertiary/aromatic N) is 1. The number of halogens is 1. The van der Waals surface area contributed by atoms with Gasteiger partial charge in [0.2, 0.25) is 0 Å². The summed E-state index contributed by atoms with van der Waals surface area (Å²) in [5, 5.41) is 0.721. The molecule has 1 saturated heterocycles. The maximum Gasteiger partial charge on any atom is 0.307 e. The summed E-state index contributed by atoms with van der Waals surface area (Å²) < 4.78 is 4.83. The van der Waals surface area contributed by atoms with Crippen molar-refractivity contribution in [2.45, 2.75) is 31.7 Å². The first-order valence-corrected chi connectivity index (χ1v) is 7.15. The molecule has 0 N–H and O–H groups in total. The molecule has 104 valence electrons. The summed E-state index contributed by atoms with van der Waals surface area (Å²) in [6.07, 6.45) is 4.08. The van der Waals surface area contributed by atoms with Gasteiger partial charge in [-0.25, -0.2) is 0 Å². The molecule has 0 aromatic heterocycles. The maximum atomic E-state index is 11.6. The van der Waals surface area contributed by atoms with Crippen molar-refractivity contribution in [3.63, 3.8) is 0 Å². The molecule has 0 bridgehead atoms. The molecule has 2 rings (SSSR count). The van der Waals surface area contributed by atoms with Gasteiger partial charge in [-0.15, -0.1) is 0 Å². The minimum Gasteiger partial charge on any atom is -0.469 e. The molecule has 19 heavy (non-hydrogen) atoms. The van der Waals surface area contributed by atoms with E-state index in [0.717, 1.165) is 23.7 Å². The van der Waals surface area contributed by atoms with E-state index in [0.29, 0.717) is 6.42 Å². The third-order valence-electron chi connectivity index (χ3n) is 3.67. The second-order valence-corrected chi connectivity index (χ2v) is 5.38. The van der Waals surface area contributed by atoms with Crippen LogP contribution in [0.5, 0.6) is 0 Å². The maximum absolute atomic E-state index is 11.6. The Kier molecular flexibility index (Phi) is 5.23. The standard InChI is InChI=1S/C15H20ClNO2/c1-19-15(18)11-14(17-9-3-2-4-10-17)12-5-7-13(16)8-6-12/h5-8,14H,2-4,9-11H2,1H3. The molecule has 0 spiro atoms. The zero-order chi connectivity index (χ0) is 13.7. The van der Waals surface area contributed by atoms with Crippen LogP contribution in [0, 0.1) is 0 Å². The number of benzene rings is 1. The lowest BCUT2D eigenvalue weighted by Gasteiger charge is -2.34. The molecular formula is C15H20ClNO2. The summed E-state index contributed by atoms with van der Waals surface area (Å²) in [5.74, 6) is -0.162. The number of carbonyl (C=O) groups excluding carboxylic acids is 1. The Morgan fingerprint density at radius 2 is 1.89 bits per heavy atom. The highest BCUT2D eigenvalue weighted by Gasteiger charge is 2.24. The van der Waals surface area contributed by atoms with Gasteiger partial charge >= 0.3 is 5.97 Å². The first-order valence-electron chi connectivity index (χ1n) is 6.77. The van der Waals surface area contributed by atoms with Crippen LogP contribution in [0.1, 0.15) is 37.3 Å². The number of hydrogen-bond acceptors (Lipinski definition) is 3. The highest BCUT2D eigenvalue weighted by atomic mass is 35.5. The predicted octanol–water partition coefficient (Wildman–Crippen LogP) is 3.43. The third-order valence-corrected chi connectivity index (χ3v) is 3.93. The Labute approximate surface area is 119 Å². The van der Waals surface area contributed by atoms with Crippen LogP contribution in [0.2, 0.25) is 5.02 Å². The van der Waals surface area contributed by atoms with Gasteiger partial charge in [-0.2, -0.15) is 0 Å². The molecule has 0 aliphatic carbocycles. The van der Waals surface area contributed by atoms with Crippen LogP contribution in [0.3, 0.4) is 0 Å². The van der Waals surface area contributed by atoms with E-state index in [1.54, 1.807) is 0 Å². The molecule has 1 aliphatic rings. The van der Waals surface area contributed by atoms with Crippen molar-refractivity contribution >= 4 is 17.6 Å². The normalized spacial score (nSPS) is 18.0. The highest BCUT2D eigenvalue weighted by Crippen LogP contribution is 2.28. The minimum absolute atomic E-state index is 0.102. The molecule has 1 aromatic rings. The van der Waals surface area contributed by atoms with Gasteiger partial charge in [0, 0.05) is 11.1 Å². The zero-order valence-electron chi connectivity index (χ0n) is 11.3. The van der Waals surface area contributed by atoms with Gasteiger partial charge in [-0.1, -0.05) is 30.2 Å². The molecule has 1 aromatic carbocycles. The smallest absolute Gasteiger partial charge is 0.307 e. The largest absolute Gasteiger partial charge is 0.469 e. The van der Waals surface area contributed by atoms with Gasteiger partial charge < -0.3 is 4.74 Å². The number of methoxy groups -OCH3 is 1. The summed E-state index contributed by atoms with van der Waals surface area (Å²) in [6, 6.07) is 7.87. The lowest BCUT2D eigenvalue weighted by atomic mass is 9.99. The average Bonchev–Trinajstić information content (AvgIpc) is 2.46. The van der Waals surface area contributed by atoms with Crippen molar-refractivity contribution in [1.29, 1.82) is 0 Å². The van der Waals surface area contributed by atoms with Crippen LogP contribution in [0.25, 0.3) is 0 Å². The topological polar surface area (TPSA) is 29.5 Å². The summed E-state index contributed by atoms with van der Waals surface area (Å²) in [4.78, 5) is 14.0. The van der Waals surface area contributed by atoms with Crippen LogP contribution >= 0.6 is 11.6 Å². The Morgan fingerprint density at radius 1 is 1.26 bits per heavy atom. The molecule has 0 saturated carbocycles. The molecule has 1 atom stereocenters. The molecule has 3 nitrogen and oxygen atoms in total. The van der Waals surface area contributed by atoms with Crippen LogP contribution in [-0.2, 0) is 9.53 Å². The van der Waals surface area contributed by atoms with Crippen molar-refractivity contribution < 1.29 is 9.53 Å². The number of hydrogen-bond donors (Lipinski definition) is 0. The molecule has 0 radical (unpaired) electrons. The van der Waals surface area contributed by atoms with Gasteiger partial charge in [-0.05, 0) is 43.6 Å². The average molecular weight is 282 g/mol. The second-order valence-electron chi connectivity index (χ2n) is 4.94. The fourth-order valence-electron chi connectivity index (χ4n) is 2.61. The van der Waals surface area contributed by atoms with E-state index >= 15 is 0 Å². The highest BCUT2D eigenvalue weighted by molar-refractivity contribution is 6.30. The van der Waals surface area contributed by atoms with Crippen molar-refractivity contribution in [2.24, 2.45) is 0 Å². The predicted molar refractivity (Wildman–Crippen MR) is 76.3 cm³/mol. The van der Waals surface area contributed by atoms with Gasteiger partial charge in [0.15, 0.2) is 0 Å². The molecule has 1 aliphatic heterocycles. The first kappa shape index (κ1) is 14.4. The monoisotopic (exact) mass is 281 g/mol. The van der Waals surface area contributed by atoms with E-state index in [9.17, 15) is 4.79 Å². The van der Waals surface area contributed by atoms with Crippen molar-refractivity contribution in [1.82, 2.24) is 4.90 Å². The Bertz CT molecular complexity index is 413. The van der Waals surface area contributed by atoms with E-state index in [4.69, 9.17) is 16.3 Å². The summed E-state index contributed by atoms with van der Waals surface area (Å²) >= 11 is 5.93. The minimum atomic E-state index is -0.162. The molecule has 1 unspecified atom stereocenters. The van der Waals surface area contributed by atoms with Crippen molar-refractivity contribution in [2.75, 3.05) is 20.2 Å². The lowest BCUT2D eigenvalue weighted by Crippen LogP contribution is -2.35. The number of ether oxygens (including phenoxy) is 1. The van der Waals surface area contributed by atoms with Gasteiger partial charge in [0.25, 0.3) is 0 Å².